The molecule has 6 nitrogen and oxygen atoms in total. The summed E-state index contributed by atoms with van der Waals surface area (Å²) in [6.07, 6.45) is 37.8. The molecule has 2 unspecified atom stereocenters. The lowest BCUT2D eigenvalue weighted by atomic mass is 10.1. The van der Waals surface area contributed by atoms with Gasteiger partial charge in [-0.05, 0) is 57.8 Å². The lowest BCUT2D eigenvalue weighted by Crippen LogP contribution is -2.46. The molecule has 236 valence electrons. The monoisotopic (exact) mass is 593 g/mol. The van der Waals surface area contributed by atoms with E-state index in [1.807, 2.05) is 6.08 Å². The van der Waals surface area contributed by atoms with Gasteiger partial charge in [-0.1, -0.05) is 126 Å². The standard InChI is InChI=1S/C34H59NO5S/c1-3-5-7-9-11-13-14-15-16-17-18-19-20-22-24-26-28-30-34(37)35-32(31-41(38,39)40)33(36)29-27-25-23-21-12-10-8-6-4-2/h5,7,11,13,15-16,18-19,27,29,32-33,36H,3-4,6,8-10,12,14,17,20-26,28,30-31H2,1-2H3,(H,35,37)(H,38,39,40)/b7-5-,13-11-,16-15-,19-18-,29-27+. The Morgan fingerprint density at radius 2 is 1.17 bits per heavy atom. The second-order valence-electron chi connectivity index (χ2n) is 10.7. The molecule has 7 heteroatoms. The smallest absolute Gasteiger partial charge is 0.267 e. The van der Waals surface area contributed by atoms with E-state index in [9.17, 15) is 22.9 Å². The zero-order valence-electron chi connectivity index (χ0n) is 25.9. The van der Waals surface area contributed by atoms with Crippen molar-refractivity contribution in [2.45, 2.75) is 142 Å². The molecular formula is C34H59NO5S. The molecule has 0 bridgehead atoms. The van der Waals surface area contributed by atoms with Crippen molar-refractivity contribution in [3.63, 3.8) is 0 Å². The van der Waals surface area contributed by atoms with Crippen LogP contribution < -0.4 is 5.32 Å². The molecule has 0 aliphatic heterocycles. The van der Waals surface area contributed by atoms with Crippen molar-refractivity contribution < 1.29 is 22.9 Å². The Kier molecular flexibility index (Phi) is 26.8. The van der Waals surface area contributed by atoms with E-state index in [0.717, 1.165) is 70.6 Å². The first-order chi connectivity index (χ1) is 19.8. The van der Waals surface area contributed by atoms with E-state index in [4.69, 9.17) is 0 Å². The third kappa shape index (κ3) is 29.3. The number of hydrogen-bond acceptors (Lipinski definition) is 4. The molecule has 3 N–H and O–H groups in total. The van der Waals surface area contributed by atoms with E-state index in [1.54, 1.807) is 0 Å². The molecule has 2 atom stereocenters. The minimum atomic E-state index is -4.34. The number of aliphatic hydroxyl groups is 1. The first-order valence-electron chi connectivity index (χ1n) is 16.0. The molecule has 0 fully saturated rings. The van der Waals surface area contributed by atoms with Gasteiger partial charge >= 0.3 is 0 Å². The SMILES string of the molecule is CC/C=C\C/C=C\C/C=C\C/C=C\CCCCCCC(=O)NC(CS(=O)(=O)O)C(O)/C=C/CCCCCCCCC. The fraction of sp³-hybridized carbons (Fsp3) is 0.676. The van der Waals surface area contributed by atoms with Gasteiger partial charge in [-0.3, -0.25) is 9.35 Å². The van der Waals surface area contributed by atoms with Crippen LogP contribution in [-0.2, 0) is 14.9 Å². The molecule has 0 saturated carbocycles. The van der Waals surface area contributed by atoms with Crippen molar-refractivity contribution in [1.29, 1.82) is 0 Å². The number of carbonyl (C=O) groups excluding carboxylic acids is 1. The van der Waals surface area contributed by atoms with Crippen LogP contribution in [-0.4, -0.2) is 41.9 Å². The number of hydrogen-bond donors (Lipinski definition) is 3. The number of unbranched alkanes of at least 4 members (excludes halogenated alkanes) is 11. The van der Waals surface area contributed by atoms with Gasteiger partial charge < -0.3 is 10.4 Å². The minimum absolute atomic E-state index is 0.264. The first-order valence-corrected chi connectivity index (χ1v) is 17.6. The normalized spacial score (nSPS) is 14.3. The summed E-state index contributed by atoms with van der Waals surface area (Å²) in [4.78, 5) is 12.4. The number of amides is 1. The third-order valence-electron chi connectivity index (χ3n) is 6.70. The zero-order valence-corrected chi connectivity index (χ0v) is 26.7. The lowest BCUT2D eigenvalue weighted by molar-refractivity contribution is -0.122. The molecule has 0 aromatic carbocycles. The third-order valence-corrected chi connectivity index (χ3v) is 7.48. The number of nitrogens with one attached hydrogen (secondary N) is 1. The van der Waals surface area contributed by atoms with Crippen molar-refractivity contribution >= 4 is 16.0 Å². The van der Waals surface area contributed by atoms with Crippen LogP contribution in [0.4, 0.5) is 0 Å². The molecule has 1 amide bonds. The largest absolute Gasteiger partial charge is 0.387 e. The molecule has 0 aliphatic carbocycles. The van der Waals surface area contributed by atoms with E-state index < -0.39 is 28.0 Å². The molecule has 0 aliphatic rings. The van der Waals surface area contributed by atoms with Gasteiger partial charge in [0.25, 0.3) is 10.1 Å². The van der Waals surface area contributed by atoms with Crippen LogP contribution >= 0.6 is 0 Å². The first kappa shape index (κ1) is 39.0. The van der Waals surface area contributed by atoms with Crippen LogP contribution in [0.15, 0.2) is 60.8 Å². The second-order valence-corrected chi connectivity index (χ2v) is 12.2. The van der Waals surface area contributed by atoms with Crippen LogP contribution in [0.5, 0.6) is 0 Å². The predicted octanol–water partition coefficient (Wildman–Crippen LogP) is 8.56. The Balaban J connectivity index is 4.11. The van der Waals surface area contributed by atoms with Crippen LogP contribution in [0.25, 0.3) is 0 Å². The van der Waals surface area contributed by atoms with Gasteiger partial charge in [0, 0.05) is 6.42 Å². The van der Waals surface area contributed by atoms with Gasteiger partial charge in [0.15, 0.2) is 0 Å². The van der Waals surface area contributed by atoms with Crippen LogP contribution in [0.3, 0.4) is 0 Å². The van der Waals surface area contributed by atoms with Crippen LogP contribution in [0.2, 0.25) is 0 Å². The molecule has 0 aromatic heterocycles. The van der Waals surface area contributed by atoms with E-state index in [-0.39, 0.29) is 12.3 Å². The maximum Gasteiger partial charge on any atom is 0.267 e. The fourth-order valence-electron chi connectivity index (χ4n) is 4.32. The molecule has 0 radical (unpaired) electrons. The maximum absolute atomic E-state index is 12.4. The lowest BCUT2D eigenvalue weighted by Gasteiger charge is -2.21. The Labute approximate surface area is 251 Å². The summed E-state index contributed by atoms with van der Waals surface area (Å²) < 4.78 is 32.1. The van der Waals surface area contributed by atoms with Crippen molar-refractivity contribution in [2.24, 2.45) is 0 Å². The Morgan fingerprint density at radius 3 is 1.73 bits per heavy atom. The van der Waals surface area contributed by atoms with E-state index in [2.05, 4.69) is 67.8 Å². The van der Waals surface area contributed by atoms with E-state index in [0.29, 0.717) is 6.42 Å². The van der Waals surface area contributed by atoms with E-state index in [1.165, 1.54) is 38.2 Å². The van der Waals surface area contributed by atoms with Crippen molar-refractivity contribution in [1.82, 2.24) is 5.32 Å². The minimum Gasteiger partial charge on any atom is -0.387 e. The summed E-state index contributed by atoms with van der Waals surface area (Å²) in [6, 6.07) is -1.07. The molecule has 0 rings (SSSR count). The van der Waals surface area contributed by atoms with Crippen molar-refractivity contribution in [3.8, 4) is 0 Å². The quantitative estimate of drug-likeness (QED) is 0.0503. The maximum atomic E-state index is 12.4. The Morgan fingerprint density at radius 1 is 0.683 bits per heavy atom. The molecule has 0 aromatic rings. The van der Waals surface area contributed by atoms with Gasteiger partial charge in [0.2, 0.25) is 5.91 Å². The molecule has 0 saturated heterocycles. The highest BCUT2D eigenvalue weighted by Gasteiger charge is 2.24. The van der Waals surface area contributed by atoms with E-state index >= 15 is 0 Å². The van der Waals surface area contributed by atoms with Crippen molar-refractivity contribution in [2.75, 3.05) is 5.75 Å². The molecule has 0 heterocycles. The highest BCUT2D eigenvalue weighted by molar-refractivity contribution is 7.85. The second kappa shape index (κ2) is 28.2. The van der Waals surface area contributed by atoms with Gasteiger partial charge in [0.1, 0.15) is 0 Å². The number of carbonyl (C=O) groups is 1. The molecule has 41 heavy (non-hydrogen) atoms. The highest BCUT2D eigenvalue weighted by atomic mass is 32.2. The highest BCUT2D eigenvalue weighted by Crippen LogP contribution is 2.10. The topological polar surface area (TPSA) is 104 Å². The summed E-state index contributed by atoms with van der Waals surface area (Å²) in [5.41, 5.74) is 0. The Hall–Kier alpha value is -1.96. The van der Waals surface area contributed by atoms with Crippen LogP contribution in [0.1, 0.15) is 129 Å². The molecule has 0 spiro atoms. The van der Waals surface area contributed by atoms with Gasteiger partial charge in [-0.2, -0.15) is 8.42 Å². The van der Waals surface area contributed by atoms with Crippen LogP contribution in [0, 0.1) is 0 Å². The summed E-state index contributed by atoms with van der Waals surface area (Å²) in [5.74, 6) is -1.02. The van der Waals surface area contributed by atoms with Gasteiger partial charge in [-0.25, -0.2) is 0 Å². The number of rotatable bonds is 27. The summed E-state index contributed by atoms with van der Waals surface area (Å²) in [7, 11) is -4.34. The fourth-order valence-corrected chi connectivity index (χ4v) is 5.05. The van der Waals surface area contributed by atoms with Crippen molar-refractivity contribution in [3.05, 3.63) is 60.8 Å². The Bertz CT molecular complexity index is 874. The zero-order chi connectivity index (χ0) is 30.4. The molecular weight excluding hydrogens is 534 g/mol. The predicted molar refractivity (Wildman–Crippen MR) is 175 cm³/mol. The average molecular weight is 594 g/mol. The summed E-state index contributed by atoms with van der Waals surface area (Å²) in [6.45, 7) is 4.34. The number of aliphatic hydroxyl groups excluding tert-OH is 1. The van der Waals surface area contributed by atoms with Gasteiger partial charge in [0.05, 0.1) is 17.9 Å². The number of allylic oxidation sites excluding steroid dienone is 9. The average Bonchev–Trinajstić information content (AvgIpc) is 2.92. The summed E-state index contributed by atoms with van der Waals surface area (Å²) >= 11 is 0. The van der Waals surface area contributed by atoms with Gasteiger partial charge in [-0.15, -0.1) is 0 Å². The summed E-state index contributed by atoms with van der Waals surface area (Å²) in [5, 5.41) is 13.1.